The fourth-order valence-corrected chi connectivity index (χ4v) is 4.45. The van der Waals surface area contributed by atoms with Gasteiger partial charge in [-0.25, -0.2) is 17.2 Å². The predicted molar refractivity (Wildman–Crippen MR) is 112 cm³/mol. The van der Waals surface area contributed by atoms with Gasteiger partial charge >= 0.3 is 0 Å². The molecule has 0 unspecified atom stereocenters. The molecule has 0 aliphatic rings. The van der Waals surface area contributed by atoms with E-state index in [-0.39, 0.29) is 4.90 Å². The van der Waals surface area contributed by atoms with Crippen LogP contribution in [-0.4, -0.2) is 20.9 Å². The number of hydrogen-bond donors (Lipinski definition) is 1. The second-order valence-corrected chi connectivity index (χ2v) is 8.55. The Morgan fingerprint density at radius 2 is 1.50 bits per heavy atom. The van der Waals surface area contributed by atoms with Gasteiger partial charge in [-0.3, -0.25) is 9.10 Å². The van der Waals surface area contributed by atoms with Crippen LogP contribution in [0.4, 0.5) is 20.2 Å². The maximum atomic E-state index is 13.9. The third kappa shape index (κ3) is 4.33. The summed E-state index contributed by atoms with van der Waals surface area (Å²) in [6, 6.07) is 15.9. The Hall–Kier alpha value is -3.26. The van der Waals surface area contributed by atoms with E-state index in [0.717, 1.165) is 22.0 Å². The van der Waals surface area contributed by atoms with Gasteiger partial charge in [-0.15, -0.1) is 0 Å². The van der Waals surface area contributed by atoms with Gasteiger partial charge in [-0.2, -0.15) is 0 Å². The molecular formula is C22H20F2N2O3S. The highest BCUT2D eigenvalue weighted by atomic mass is 32.2. The Balaban J connectivity index is 2.02. The summed E-state index contributed by atoms with van der Waals surface area (Å²) >= 11 is 0. The molecule has 0 atom stereocenters. The van der Waals surface area contributed by atoms with Gasteiger partial charge in [-0.1, -0.05) is 36.4 Å². The highest BCUT2D eigenvalue weighted by Crippen LogP contribution is 2.29. The standard InChI is InChI=1S/C22H20F2N2O3S/c1-15-8-6-13-20(16(15)2)26(30(28,29)17-9-4-3-5-10-17)14-21(27)25-22-18(23)11-7-12-19(22)24/h3-13H,14H2,1-2H3,(H,25,27). The summed E-state index contributed by atoms with van der Waals surface area (Å²) in [5, 5.41) is 2.14. The van der Waals surface area contributed by atoms with Crippen LogP contribution in [0.15, 0.2) is 71.6 Å². The molecule has 1 N–H and O–H groups in total. The van der Waals surface area contributed by atoms with Gasteiger partial charge in [0, 0.05) is 0 Å². The maximum absolute atomic E-state index is 13.9. The van der Waals surface area contributed by atoms with E-state index in [9.17, 15) is 22.0 Å². The number of para-hydroxylation sites is 1. The van der Waals surface area contributed by atoms with E-state index in [2.05, 4.69) is 5.32 Å². The Kier molecular flexibility index (Phi) is 6.17. The van der Waals surface area contributed by atoms with Crippen LogP contribution in [0, 0.1) is 25.5 Å². The molecule has 0 bridgehead atoms. The van der Waals surface area contributed by atoms with Crippen LogP contribution in [0.3, 0.4) is 0 Å². The number of benzene rings is 3. The van der Waals surface area contributed by atoms with Gasteiger partial charge in [0.05, 0.1) is 10.6 Å². The second kappa shape index (κ2) is 8.62. The van der Waals surface area contributed by atoms with E-state index in [1.807, 2.05) is 13.0 Å². The smallest absolute Gasteiger partial charge is 0.264 e. The zero-order valence-electron chi connectivity index (χ0n) is 16.4. The van der Waals surface area contributed by atoms with Gasteiger partial charge in [-0.05, 0) is 55.3 Å². The van der Waals surface area contributed by atoms with Crippen LogP contribution in [0.5, 0.6) is 0 Å². The molecule has 8 heteroatoms. The summed E-state index contributed by atoms with van der Waals surface area (Å²) in [6.45, 7) is 2.91. The number of hydrogen-bond acceptors (Lipinski definition) is 3. The second-order valence-electron chi connectivity index (χ2n) is 6.69. The lowest BCUT2D eigenvalue weighted by Gasteiger charge is -2.26. The van der Waals surface area contributed by atoms with Crippen LogP contribution in [0.2, 0.25) is 0 Å². The molecule has 30 heavy (non-hydrogen) atoms. The molecule has 0 aliphatic carbocycles. The van der Waals surface area contributed by atoms with Crippen LogP contribution in [-0.2, 0) is 14.8 Å². The predicted octanol–water partition coefficient (Wildman–Crippen LogP) is 4.42. The first-order valence-electron chi connectivity index (χ1n) is 9.09. The SMILES string of the molecule is Cc1cccc(N(CC(=O)Nc2c(F)cccc2F)S(=O)(=O)c2ccccc2)c1C. The molecule has 1 amide bonds. The van der Waals surface area contributed by atoms with Crippen LogP contribution in [0.25, 0.3) is 0 Å². The van der Waals surface area contributed by atoms with Crippen molar-refractivity contribution >= 4 is 27.3 Å². The molecule has 0 heterocycles. The van der Waals surface area contributed by atoms with Crippen molar-refractivity contribution in [3.8, 4) is 0 Å². The van der Waals surface area contributed by atoms with E-state index >= 15 is 0 Å². The summed E-state index contributed by atoms with van der Waals surface area (Å²) in [4.78, 5) is 12.6. The third-order valence-corrected chi connectivity index (χ3v) is 6.46. The summed E-state index contributed by atoms with van der Waals surface area (Å²) in [5.41, 5.74) is 1.19. The Morgan fingerprint density at radius 1 is 0.900 bits per heavy atom. The molecule has 0 spiro atoms. The van der Waals surface area contributed by atoms with Crippen molar-refractivity contribution in [2.75, 3.05) is 16.2 Å². The lowest BCUT2D eigenvalue weighted by atomic mass is 10.1. The minimum atomic E-state index is -4.12. The molecule has 0 radical (unpaired) electrons. The van der Waals surface area contributed by atoms with Crippen molar-refractivity contribution in [3.05, 3.63) is 89.5 Å². The van der Waals surface area contributed by atoms with Crippen molar-refractivity contribution in [2.45, 2.75) is 18.7 Å². The molecule has 0 fully saturated rings. The fraction of sp³-hybridized carbons (Fsp3) is 0.136. The maximum Gasteiger partial charge on any atom is 0.264 e. The van der Waals surface area contributed by atoms with Gasteiger partial charge in [0.2, 0.25) is 5.91 Å². The van der Waals surface area contributed by atoms with Crippen molar-refractivity contribution in [2.24, 2.45) is 0 Å². The van der Waals surface area contributed by atoms with Crippen LogP contribution >= 0.6 is 0 Å². The van der Waals surface area contributed by atoms with Gasteiger partial charge in [0.15, 0.2) is 0 Å². The lowest BCUT2D eigenvalue weighted by Crippen LogP contribution is -2.38. The number of halogens is 2. The number of nitrogens with one attached hydrogen (secondary N) is 1. The molecule has 0 saturated heterocycles. The number of amides is 1. The van der Waals surface area contributed by atoms with Crippen LogP contribution in [0.1, 0.15) is 11.1 Å². The number of carbonyl (C=O) groups is 1. The molecule has 0 saturated carbocycles. The molecule has 156 valence electrons. The molecule has 5 nitrogen and oxygen atoms in total. The molecule has 3 aromatic rings. The minimum absolute atomic E-state index is 0.00391. The highest BCUT2D eigenvalue weighted by Gasteiger charge is 2.29. The fourth-order valence-electron chi connectivity index (χ4n) is 2.95. The molecule has 0 aromatic heterocycles. The number of rotatable bonds is 6. The molecule has 0 aliphatic heterocycles. The summed E-state index contributed by atoms with van der Waals surface area (Å²) in [7, 11) is -4.12. The first kappa shape index (κ1) is 21.4. The van der Waals surface area contributed by atoms with Crippen molar-refractivity contribution in [3.63, 3.8) is 0 Å². The van der Waals surface area contributed by atoms with Crippen LogP contribution < -0.4 is 9.62 Å². The summed E-state index contributed by atoms with van der Waals surface area (Å²) in [6.07, 6.45) is 0. The average molecular weight is 430 g/mol. The summed E-state index contributed by atoms with van der Waals surface area (Å²) < 4.78 is 55.4. The van der Waals surface area contributed by atoms with E-state index in [4.69, 9.17) is 0 Å². The Morgan fingerprint density at radius 3 is 2.13 bits per heavy atom. The van der Waals surface area contributed by atoms with Crippen molar-refractivity contribution < 1.29 is 22.0 Å². The molecule has 3 rings (SSSR count). The van der Waals surface area contributed by atoms with E-state index < -0.39 is 39.8 Å². The number of aryl methyl sites for hydroxylation is 1. The third-order valence-electron chi connectivity index (χ3n) is 4.69. The minimum Gasteiger partial charge on any atom is -0.320 e. The quantitative estimate of drug-likeness (QED) is 0.630. The van der Waals surface area contributed by atoms with E-state index in [1.165, 1.54) is 18.2 Å². The number of sulfonamides is 1. The molecular weight excluding hydrogens is 410 g/mol. The van der Waals surface area contributed by atoms with Gasteiger partial charge in [0.1, 0.15) is 23.9 Å². The zero-order valence-corrected chi connectivity index (χ0v) is 17.2. The van der Waals surface area contributed by atoms with E-state index in [1.54, 1.807) is 37.3 Å². The number of nitrogens with zero attached hydrogens (tertiary/aromatic N) is 1. The Bertz CT molecular complexity index is 1160. The largest absolute Gasteiger partial charge is 0.320 e. The topological polar surface area (TPSA) is 66.5 Å². The van der Waals surface area contributed by atoms with E-state index in [0.29, 0.717) is 11.3 Å². The normalized spacial score (nSPS) is 11.2. The monoisotopic (exact) mass is 430 g/mol. The first-order valence-corrected chi connectivity index (χ1v) is 10.5. The summed E-state index contributed by atoms with van der Waals surface area (Å²) in [5.74, 6) is -2.78. The molecule has 3 aromatic carbocycles. The highest BCUT2D eigenvalue weighted by molar-refractivity contribution is 7.92. The average Bonchev–Trinajstić information content (AvgIpc) is 2.72. The zero-order chi connectivity index (χ0) is 21.9. The number of carbonyl (C=O) groups excluding carboxylic acids is 1. The van der Waals surface area contributed by atoms with Gasteiger partial charge in [0.25, 0.3) is 10.0 Å². The number of anilines is 2. The van der Waals surface area contributed by atoms with Gasteiger partial charge < -0.3 is 5.32 Å². The van der Waals surface area contributed by atoms with Crippen molar-refractivity contribution in [1.82, 2.24) is 0 Å². The first-order chi connectivity index (χ1) is 14.2. The Labute approximate surface area is 174 Å². The van der Waals surface area contributed by atoms with Crippen molar-refractivity contribution in [1.29, 1.82) is 0 Å². The lowest BCUT2D eigenvalue weighted by molar-refractivity contribution is -0.114.